The van der Waals surface area contributed by atoms with Gasteiger partial charge in [0.15, 0.2) is 0 Å². The molecule has 0 bridgehead atoms. The summed E-state index contributed by atoms with van der Waals surface area (Å²) in [5, 5.41) is 35.9. The van der Waals surface area contributed by atoms with E-state index in [1.54, 1.807) is 6.20 Å². The van der Waals surface area contributed by atoms with E-state index in [2.05, 4.69) is 86.6 Å². The second-order valence-electron chi connectivity index (χ2n) is 13.8. The van der Waals surface area contributed by atoms with Crippen molar-refractivity contribution < 1.29 is 15.1 Å². The molecule has 0 unspecified atom stereocenters. The van der Waals surface area contributed by atoms with Gasteiger partial charge in [-0.25, -0.2) is 19.9 Å². The molecule has 0 radical (unpaired) electrons. The van der Waals surface area contributed by atoms with Crippen LogP contribution in [0.5, 0.6) is 0 Å². The van der Waals surface area contributed by atoms with Crippen LogP contribution in [0.1, 0.15) is 32.6 Å². The molecule has 2 aliphatic heterocycles. The van der Waals surface area contributed by atoms with Crippen molar-refractivity contribution in [1.82, 2.24) is 19.9 Å². The highest BCUT2D eigenvalue weighted by Crippen LogP contribution is 2.29. The number of hydrogen-bond donors (Lipinski definition) is 2. The fraction of sp³-hybridized carbons (Fsp3) is 0.300. The molecule has 51 heavy (non-hydrogen) atoms. The van der Waals surface area contributed by atoms with Crippen LogP contribution in [0, 0.1) is 10.1 Å². The summed E-state index contributed by atoms with van der Waals surface area (Å²) in [4.78, 5) is 32.6. The number of piperidine rings is 2. The number of fused-ring (bicyclic) bond motifs is 2. The van der Waals surface area contributed by atoms with Gasteiger partial charge < -0.3 is 20.0 Å². The van der Waals surface area contributed by atoms with Crippen molar-refractivity contribution in [2.45, 2.75) is 43.8 Å². The van der Waals surface area contributed by atoms with E-state index < -0.39 is 22.7 Å². The van der Waals surface area contributed by atoms with Gasteiger partial charge in [0.25, 0.3) is 0 Å². The highest BCUT2D eigenvalue weighted by Gasteiger charge is 2.37. The molecule has 2 aromatic heterocycles. The van der Waals surface area contributed by atoms with E-state index in [-0.39, 0.29) is 0 Å². The molecule has 2 aliphatic rings. The Morgan fingerprint density at radius 3 is 1.53 bits per heavy atom. The molecule has 0 amide bonds. The molecule has 2 saturated heterocycles. The average Bonchev–Trinajstić information content (AvgIpc) is 3.15. The molecule has 0 aliphatic carbocycles. The van der Waals surface area contributed by atoms with Crippen molar-refractivity contribution in [2.24, 2.45) is 0 Å². The number of nitrogens with zero attached hydrogens (tertiary/aromatic N) is 7. The molecule has 2 fully saturated rings. The van der Waals surface area contributed by atoms with Crippen LogP contribution in [0.25, 0.3) is 44.1 Å². The van der Waals surface area contributed by atoms with E-state index in [1.165, 1.54) is 16.2 Å². The standard InChI is InChI=1S/C20H20N4O3.C20H21N3O/c25-20(14-24(26)27)8-11-23(12-9-20)19-21-10-7-18(22-19)17-6-5-15-3-1-2-4-16(15)13-17;1-20(24)9-12-23(13-10-20)19-21-11-8-18(22-19)17-7-6-15-4-2-3-5-16(15)14-17/h1-7,10,13,25H,8-9,11-12,14H2;2-8,11,14,24H,9-10,12-13H2,1H3. The lowest BCUT2D eigenvalue weighted by Gasteiger charge is -2.35. The predicted octanol–water partition coefficient (Wildman–Crippen LogP) is 6.55. The fourth-order valence-corrected chi connectivity index (χ4v) is 6.73. The summed E-state index contributed by atoms with van der Waals surface area (Å²) in [6.45, 7) is 4.04. The summed E-state index contributed by atoms with van der Waals surface area (Å²) in [6.07, 6.45) is 5.70. The van der Waals surface area contributed by atoms with Crippen LogP contribution >= 0.6 is 0 Å². The number of hydrogen-bond acceptors (Lipinski definition) is 10. The number of benzene rings is 4. The summed E-state index contributed by atoms with van der Waals surface area (Å²) >= 11 is 0. The summed E-state index contributed by atoms with van der Waals surface area (Å²) in [6, 6.07) is 33.0. The van der Waals surface area contributed by atoms with Crippen molar-refractivity contribution in [1.29, 1.82) is 0 Å². The van der Waals surface area contributed by atoms with Crippen LogP contribution in [-0.2, 0) is 0 Å². The predicted molar refractivity (Wildman–Crippen MR) is 200 cm³/mol. The summed E-state index contributed by atoms with van der Waals surface area (Å²) in [7, 11) is 0. The Labute approximate surface area is 296 Å². The molecule has 11 nitrogen and oxygen atoms in total. The summed E-state index contributed by atoms with van der Waals surface area (Å²) in [5.74, 6) is 1.33. The van der Waals surface area contributed by atoms with Gasteiger partial charge in [-0.1, -0.05) is 72.8 Å². The minimum Gasteiger partial charge on any atom is -0.390 e. The molecule has 260 valence electrons. The largest absolute Gasteiger partial charge is 0.390 e. The topological polar surface area (TPSA) is 142 Å². The van der Waals surface area contributed by atoms with Gasteiger partial charge >= 0.3 is 0 Å². The zero-order valence-electron chi connectivity index (χ0n) is 28.6. The van der Waals surface area contributed by atoms with Crippen LogP contribution in [0.3, 0.4) is 0 Å². The van der Waals surface area contributed by atoms with Gasteiger partial charge in [0.1, 0.15) is 5.60 Å². The third kappa shape index (κ3) is 8.11. The zero-order valence-corrected chi connectivity index (χ0v) is 28.6. The summed E-state index contributed by atoms with van der Waals surface area (Å²) in [5.41, 5.74) is 2.07. The molecule has 6 aromatic rings. The Morgan fingerprint density at radius 2 is 1.08 bits per heavy atom. The van der Waals surface area contributed by atoms with Crippen LogP contribution in [0.2, 0.25) is 0 Å². The number of anilines is 2. The number of aromatic nitrogens is 4. The maximum absolute atomic E-state index is 10.7. The zero-order chi connectivity index (χ0) is 35.4. The van der Waals surface area contributed by atoms with Gasteiger partial charge in [-0.05, 0) is 65.6 Å². The lowest BCUT2D eigenvalue weighted by atomic mass is 9.92. The first-order chi connectivity index (χ1) is 24.6. The second-order valence-corrected chi connectivity index (χ2v) is 13.8. The Bertz CT molecular complexity index is 2160. The summed E-state index contributed by atoms with van der Waals surface area (Å²) < 4.78 is 0. The second kappa shape index (κ2) is 14.4. The van der Waals surface area contributed by atoms with Gasteiger partial charge in [-0.15, -0.1) is 0 Å². The SMILES string of the molecule is CC1(O)CCN(c2nccc(-c3ccc4ccccc4c3)n2)CC1.O=[N+]([O-])CC1(O)CCN(c2nccc(-c3ccc4ccccc4c3)n2)CC1. The number of rotatable bonds is 6. The molecule has 4 aromatic carbocycles. The fourth-order valence-electron chi connectivity index (χ4n) is 6.73. The average molecular weight is 684 g/mol. The highest BCUT2D eigenvalue weighted by atomic mass is 16.6. The normalized spacial score (nSPS) is 16.8. The molecule has 0 saturated carbocycles. The molecular formula is C40H41N7O4. The lowest BCUT2D eigenvalue weighted by molar-refractivity contribution is -0.501. The van der Waals surface area contributed by atoms with Crippen LogP contribution in [-0.4, -0.2) is 79.0 Å². The minimum atomic E-state index is -1.24. The van der Waals surface area contributed by atoms with Crippen molar-refractivity contribution in [3.63, 3.8) is 0 Å². The van der Waals surface area contributed by atoms with E-state index in [9.17, 15) is 20.3 Å². The monoisotopic (exact) mass is 683 g/mol. The maximum Gasteiger partial charge on any atom is 0.232 e. The van der Waals surface area contributed by atoms with Gasteiger partial charge in [-0.3, -0.25) is 10.1 Å². The van der Waals surface area contributed by atoms with Crippen LogP contribution in [0.15, 0.2) is 109 Å². The highest BCUT2D eigenvalue weighted by molar-refractivity contribution is 5.87. The Kier molecular flexibility index (Phi) is 9.57. The van der Waals surface area contributed by atoms with E-state index in [0.29, 0.717) is 31.9 Å². The molecular weight excluding hydrogens is 642 g/mol. The first-order valence-electron chi connectivity index (χ1n) is 17.3. The van der Waals surface area contributed by atoms with Crippen LogP contribution < -0.4 is 9.80 Å². The van der Waals surface area contributed by atoms with Crippen molar-refractivity contribution in [3.8, 4) is 22.5 Å². The van der Waals surface area contributed by atoms with Crippen LogP contribution in [0.4, 0.5) is 11.9 Å². The van der Waals surface area contributed by atoms with E-state index in [0.717, 1.165) is 59.8 Å². The number of nitro groups is 1. The first-order valence-corrected chi connectivity index (χ1v) is 17.3. The maximum atomic E-state index is 10.7. The Morgan fingerprint density at radius 1 is 0.647 bits per heavy atom. The Hall–Kier alpha value is -5.52. The molecule has 0 atom stereocenters. The molecule has 4 heterocycles. The molecule has 8 rings (SSSR count). The van der Waals surface area contributed by atoms with Crippen molar-refractivity contribution in [2.75, 3.05) is 42.5 Å². The minimum absolute atomic E-state index is 0.331. The molecule has 2 N–H and O–H groups in total. The quantitative estimate of drug-likeness (QED) is 0.147. The third-order valence-electron chi connectivity index (χ3n) is 9.90. The van der Waals surface area contributed by atoms with Crippen molar-refractivity contribution in [3.05, 3.63) is 120 Å². The first kappa shape index (κ1) is 34.0. The number of aliphatic hydroxyl groups is 2. The Balaban J connectivity index is 0.000000160. The van der Waals surface area contributed by atoms with Crippen molar-refractivity contribution >= 4 is 33.4 Å². The van der Waals surface area contributed by atoms with Gasteiger partial charge in [0.05, 0.1) is 17.0 Å². The van der Waals surface area contributed by atoms with Gasteiger partial charge in [0, 0.05) is 67.5 Å². The third-order valence-corrected chi connectivity index (χ3v) is 9.90. The van der Waals surface area contributed by atoms with E-state index in [4.69, 9.17) is 4.98 Å². The van der Waals surface area contributed by atoms with Gasteiger partial charge in [0.2, 0.25) is 18.4 Å². The molecule has 0 spiro atoms. The van der Waals surface area contributed by atoms with E-state index >= 15 is 0 Å². The molecule has 11 heteroatoms. The van der Waals surface area contributed by atoms with Gasteiger partial charge in [-0.2, -0.15) is 0 Å². The van der Waals surface area contributed by atoms with E-state index in [1.807, 2.05) is 48.4 Å². The lowest BCUT2D eigenvalue weighted by Crippen LogP contribution is -2.48. The smallest absolute Gasteiger partial charge is 0.232 e.